The van der Waals surface area contributed by atoms with Crippen molar-refractivity contribution in [1.82, 2.24) is 4.90 Å². The number of nitrogens with zero attached hydrogens (tertiary/aromatic N) is 1. The van der Waals surface area contributed by atoms with E-state index in [4.69, 9.17) is 9.84 Å². The van der Waals surface area contributed by atoms with E-state index in [-0.39, 0.29) is 24.5 Å². The second-order valence-corrected chi connectivity index (χ2v) is 3.42. The van der Waals surface area contributed by atoms with Crippen LogP contribution in [0.3, 0.4) is 0 Å². The van der Waals surface area contributed by atoms with Crippen LogP contribution < -0.4 is 0 Å². The van der Waals surface area contributed by atoms with E-state index in [1.165, 1.54) is 7.11 Å². The molecule has 1 aliphatic rings. The van der Waals surface area contributed by atoms with E-state index in [9.17, 15) is 4.79 Å². The lowest BCUT2D eigenvalue weighted by molar-refractivity contribution is -0.146. The molecule has 1 rings (SSSR count). The Morgan fingerprint density at radius 2 is 2.38 bits per heavy atom. The Morgan fingerprint density at radius 1 is 1.69 bits per heavy atom. The molecular weight excluding hydrogens is 170 g/mol. The monoisotopic (exact) mass is 187 g/mol. The van der Waals surface area contributed by atoms with Gasteiger partial charge in [-0.15, -0.1) is 0 Å². The van der Waals surface area contributed by atoms with Crippen molar-refractivity contribution in [2.45, 2.75) is 19.4 Å². The summed E-state index contributed by atoms with van der Waals surface area (Å²) in [6.07, 6.45) is 0.841. The molecule has 1 aliphatic heterocycles. The molecule has 0 spiro atoms. The lowest BCUT2D eigenvalue weighted by Gasteiger charge is -2.22. The van der Waals surface area contributed by atoms with Crippen molar-refractivity contribution < 1.29 is 14.6 Å². The van der Waals surface area contributed by atoms with Gasteiger partial charge in [0.25, 0.3) is 0 Å². The van der Waals surface area contributed by atoms with Gasteiger partial charge in [-0.3, -0.25) is 9.69 Å². The van der Waals surface area contributed by atoms with Gasteiger partial charge in [0.1, 0.15) is 0 Å². The third kappa shape index (κ3) is 2.19. The Bertz CT molecular complexity index is 184. The number of likely N-dealkylation sites (tertiary alicyclic amines) is 1. The van der Waals surface area contributed by atoms with Gasteiger partial charge in [0.05, 0.1) is 19.6 Å². The summed E-state index contributed by atoms with van der Waals surface area (Å²) in [4.78, 5) is 13.4. The summed E-state index contributed by atoms with van der Waals surface area (Å²) in [5.41, 5.74) is 0. The van der Waals surface area contributed by atoms with Crippen LogP contribution in [0, 0.1) is 5.92 Å². The van der Waals surface area contributed by atoms with E-state index in [1.54, 1.807) is 0 Å². The first-order valence-electron chi connectivity index (χ1n) is 4.63. The lowest BCUT2D eigenvalue weighted by Crippen LogP contribution is -2.35. The molecular formula is C9H17NO3. The molecule has 1 N–H and O–H groups in total. The first-order chi connectivity index (χ1) is 6.20. The third-order valence-electron chi connectivity index (χ3n) is 2.78. The molecule has 0 aromatic rings. The van der Waals surface area contributed by atoms with Gasteiger partial charge in [0.15, 0.2) is 0 Å². The topological polar surface area (TPSA) is 49.8 Å². The van der Waals surface area contributed by atoms with Crippen LogP contribution in [0.5, 0.6) is 0 Å². The summed E-state index contributed by atoms with van der Waals surface area (Å²) in [5, 5.41) is 8.77. The number of carbonyl (C=O) groups excluding carboxylic acids is 1. The first-order valence-corrected chi connectivity index (χ1v) is 4.63. The summed E-state index contributed by atoms with van der Waals surface area (Å²) in [5.74, 6) is -0.149. The molecule has 0 aromatic heterocycles. The minimum atomic E-state index is -0.132. The van der Waals surface area contributed by atoms with Crippen LogP contribution in [0.4, 0.5) is 0 Å². The molecule has 2 unspecified atom stereocenters. The standard InChI is InChI=1S/C9H17NO3/c1-7-8(9(12)13-2)3-4-10(7)5-6-11/h7-8,11H,3-6H2,1-2H3. The molecule has 13 heavy (non-hydrogen) atoms. The Kier molecular flexibility index (Phi) is 3.69. The van der Waals surface area contributed by atoms with E-state index in [0.717, 1.165) is 13.0 Å². The summed E-state index contributed by atoms with van der Waals surface area (Å²) in [6, 6.07) is 0.194. The molecule has 0 saturated carbocycles. The van der Waals surface area contributed by atoms with Crippen LogP contribution in [0.15, 0.2) is 0 Å². The summed E-state index contributed by atoms with van der Waals surface area (Å²) < 4.78 is 4.70. The molecule has 0 aliphatic carbocycles. The van der Waals surface area contributed by atoms with Crippen LogP contribution in [0.1, 0.15) is 13.3 Å². The Labute approximate surface area is 78.5 Å². The Hall–Kier alpha value is -0.610. The maximum atomic E-state index is 11.3. The number of ether oxygens (including phenoxy) is 1. The number of β-amino-alcohol motifs (C(OH)–C–C–N with tert-alkyl or cyclic N) is 1. The van der Waals surface area contributed by atoms with Gasteiger partial charge < -0.3 is 9.84 Å². The molecule has 1 saturated heterocycles. The van der Waals surface area contributed by atoms with Crippen LogP contribution in [0.2, 0.25) is 0 Å². The third-order valence-corrected chi connectivity index (χ3v) is 2.78. The number of hydrogen-bond acceptors (Lipinski definition) is 4. The predicted octanol–water partition coefficient (Wildman–Crippen LogP) is -0.138. The normalized spacial score (nSPS) is 29.2. The van der Waals surface area contributed by atoms with Gasteiger partial charge in [-0.2, -0.15) is 0 Å². The fraction of sp³-hybridized carbons (Fsp3) is 0.889. The second-order valence-electron chi connectivity index (χ2n) is 3.42. The highest BCUT2D eigenvalue weighted by atomic mass is 16.5. The fourth-order valence-electron chi connectivity index (χ4n) is 1.91. The summed E-state index contributed by atoms with van der Waals surface area (Å²) in [6.45, 7) is 3.68. The minimum Gasteiger partial charge on any atom is -0.469 e. The molecule has 0 bridgehead atoms. The van der Waals surface area contributed by atoms with Crippen LogP contribution >= 0.6 is 0 Å². The van der Waals surface area contributed by atoms with E-state index < -0.39 is 0 Å². The zero-order valence-corrected chi connectivity index (χ0v) is 8.19. The van der Waals surface area contributed by atoms with Gasteiger partial charge in [-0.1, -0.05) is 0 Å². The number of hydrogen-bond donors (Lipinski definition) is 1. The lowest BCUT2D eigenvalue weighted by atomic mass is 10.0. The van der Waals surface area contributed by atoms with Gasteiger partial charge in [-0.05, 0) is 19.9 Å². The summed E-state index contributed by atoms with van der Waals surface area (Å²) >= 11 is 0. The highest BCUT2D eigenvalue weighted by Crippen LogP contribution is 2.24. The first kappa shape index (κ1) is 10.5. The average Bonchev–Trinajstić information content (AvgIpc) is 2.48. The minimum absolute atomic E-state index is 0.0171. The smallest absolute Gasteiger partial charge is 0.310 e. The zero-order valence-electron chi connectivity index (χ0n) is 8.19. The molecule has 0 aromatic carbocycles. The predicted molar refractivity (Wildman–Crippen MR) is 48.2 cm³/mol. The number of rotatable bonds is 3. The SMILES string of the molecule is COC(=O)C1CCN(CCO)C1C. The molecule has 4 heteroatoms. The molecule has 0 amide bonds. The van der Waals surface area contributed by atoms with E-state index in [0.29, 0.717) is 6.54 Å². The van der Waals surface area contributed by atoms with E-state index in [1.807, 2.05) is 6.92 Å². The number of carbonyl (C=O) groups is 1. The zero-order chi connectivity index (χ0) is 9.84. The van der Waals surface area contributed by atoms with Gasteiger partial charge >= 0.3 is 5.97 Å². The van der Waals surface area contributed by atoms with Gasteiger partial charge in [-0.25, -0.2) is 0 Å². The van der Waals surface area contributed by atoms with Crippen molar-refractivity contribution in [3.8, 4) is 0 Å². The fourth-order valence-corrected chi connectivity index (χ4v) is 1.91. The number of methoxy groups -OCH3 is 1. The van der Waals surface area contributed by atoms with Crippen molar-refractivity contribution in [2.24, 2.45) is 5.92 Å². The molecule has 76 valence electrons. The van der Waals surface area contributed by atoms with Crippen LogP contribution in [-0.4, -0.2) is 48.8 Å². The van der Waals surface area contributed by atoms with Crippen molar-refractivity contribution in [3.63, 3.8) is 0 Å². The van der Waals surface area contributed by atoms with Crippen LogP contribution in [-0.2, 0) is 9.53 Å². The Balaban J connectivity index is 2.49. The quantitative estimate of drug-likeness (QED) is 0.625. The van der Waals surface area contributed by atoms with Crippen molar-refractivity contribution in [3.05, 3.63) is 0 Å². The van der Waals surface area contributed by atoms with Crippen molar-refractivity contribution >= 4 is 5.97 Å². The summed E-state index contributed by atoms with van der Waals surface area (Å²) in [7, 11) is 1.42. The highest BCUT2D eigenvalue weighted by molar-refractivity contribution is 5.73. The number of aliphatic hydroxyl groups is 1. The largest absolute Gasteiger partial charge is 0.469 e. The van der Waals surface area contributed by atoms with Crippen molar-refractivity contribution in [2.75, 3.05) is 26.8 Å². The molecule has 1 fully saturated rings. The van der Waals surface area contributed by atoms with Crippen molar-refractivity contribution in [1.29, 1.82) is 0 Å². The molecule has 4 nitrogen and oxygen atoms in total. The maximum absolute atomic E-state index is 11.3. The second kappa shape index (κ2) is 4.58. The number of aliphatic hydroxyl groups excluding tert-OH is 1. The van der Waals surface area contributed by atoms with Gasteiger partial charge in [0.2, 0.25) is 0 Å². The Morgan fingerprint density at radius 3 is 2.92 bits per heavy atom. The maximum Gasteiger partial charge on any atom is 0.310 e. The van der Waals surface area contributed by atoms with Crippen LogP contribution in [0.25, 0.3) is 0 Å². The molecule has 1 heterocycles. The van der Waals surface area contributed by atoms with E-state index in [2.05, 4.69) is 4.90 Å². The molecule has 2 atom stereocenters. The van der Waals surface area contributed by atoms with E-state index >= 15 is 0 Å². The molecule has 0 radical (unpaired) electrons. The number of esters is 1. The highest BCUT2D eigenvalue weighted by Gasteiger charge is 2.35. The average molecular weight is 187 g/mol. The van der Waals surface area contributed by atoms with Gasteiger partial charge in [0, 0.05) is 12.6 Å².